The van der Waals surface area contributed by atoms with Gasteiger partial charge in [0.2, 0.25) is 0 Å². The number of carboxylic acids is 1. The molecule has 1 atom stereocenters. The number of benzene rings is 1. The Bertz CT molecular complexity index is 939. The molecule has 0 radical (unpaired) electrons. The molecule has 2 aromatic rings. The summed E-state index contributed by atoms with van der Waals surface area (Å²) in [5, 5.41) is 11.1. The Labute approximate surface area is 184 Å². The largest absolute Gasteiger partial charge is 0.484 e. The van der Waals surface area contributed by atoms with Gasteiger partial charge in [-0.15, -0.1) is 0 Å². The van der Waals surface area contributed by atoms with Crippen LogP contribution in [0.4, 0.5) is 13.2 Å². The van der Waals surface area contributed by atoms with Gasteiger partial charge in [-0.1, -0.05) is 18.2 Å². The van der Waals surface area contributed by atoms with Crippen LogP contribution < -0.4 is 10.1 Å². The van der Waals surface area contributed by atoms with Crippen LogP contribution in [0.15, 0.2) is 48.7 Å². The van der Waals surface area contributed by atoms with Crippen molar-refractivity contribution in [2.75, 3.05) is 6.54 Å². The number of hydrogen-bond donors (Lipinski definition) is 2. The lowest BCUT2D eigenvalue weighted by Gasteiger charge is -2.21. The van der Waals surface area contributed by atoms with Gasteiger partial charge in [-0.05, 0) is 55.7 Å². The quantitative estimate of drug-likeness (QED) is 0.521. The second kappa shape index (κ2) is 11.3. The molecule has 2 rings (SSSR count). The lowest BCUT2D eigenvalue weighted by atomic mass is 10.0. The van der Waals surface area contributed by atoms with E-state index < -0.39 is 30.6 Å². The fraction of sp³-hybridized carbons (Fsp3) is 0.348. The van der Waals surface area contributed by atoms with Gasteiger partial charge < -0.3 is 15.2 Å². The molecule has 9 heteroatoms. The van der Waals surface area contributed by atoms with Gasteiger partial charge >= 0.3 is 12.1 Å². The smallest absolute Gasteiger partial charge is 0.389 e. The summed E-state index contributed by atoms with van der Waals surface area (Å²) in [4.78, 5) is 26.9. The van der Waals surface area contributed by atoms with E-state index in [0.29, 0.717) is 11.3 Å². The average Bonchev–Trinajstić information content (AvgIpc) is 2.75. The monoisotopic (exact) mass is 450 g/mol. The van der Waals surface area contributed by atoms with Crippen LogP contribution >= 0.6 is 0 Å². The fourth-order valence-corrected chi connectivity index (χ4v) is 2.82. The third-order valence-electron chi connectivity index (χ3n) is 4.71. The molecule has 1 amide bonds. The molecule has 0 saturated heterocycles. The van der Waals surface area contributed by atoms with Crippen LogP contribution in [0.1, 0.15) is 60.8 Å². The van der Waals surface area contributed by atoms with Gasteiger partial charge in [0, 0.05) is 18.5 Å². The zero-order chi connectivity index (χ0) is 23.7. The van der Waals surface area contributed by atoms with Crippen molar-refractivity contribution in [1.29, 1.82) is 0 Å². The maximum Gasteiger partial charge on any atom is 0.389 e. The number of pyridine rings is 1. The topological polar surface area (TPSA) is 88.5 Å². The number of hydrogen-bond acceptors (Lipinski definition) is 4. The van der Waals surface area contributed by atoms with Crippen molar-refractivity contribution in [2.45, 2.75) is 45.4 Å². The highest BCUT2D eigenvalue weighted by Gasteiger charge is 2.29. The van der Waals surface area contributed by atoms with Gasteiger partial charge in [0.05, 0.1) is 18.3 Å². The Kier molecular flexibility index (Phi) is 8.80. The van der Waals surface area contributed by atoms with E-state index in [9.17, 15) is 22.8 Å². The zero-order valence-corrected chi connectivity index (χ0v) is 17.8. The van der Waals surface area contributed by atoms with E-state index in [0.717, 1.165) is 11.3 Å². The molecule has 1 aromatic carbocycles. The predicted octanol–water partition coefficient (Wildman–Crippen LogP) is 5.17. The highest BCUT2D eigenvalue weighted by Crippen LogP contribution is 2.31. The van der Waals surface area contributed by atoms with Gasteiger partial charge in [0.15, 0.2) is 0 Å². The fourth-order valence-electron chi connectivity index (χ4n) is 2.82. The number of rotatable bonds is 10. The van der Waals surface area contributed by atoms with Crippen LogP contribution in [0.2, 0.25) is 0 Å². The Hall–Kier alpha value is -3.36. The van der Waals surface area contributed by atoms with Crippen molar-refractivity contribution >= 4 is 17.4 Å². The number of carboxylic acid groups (broad SMARTS) is 1. The Morgan fingerprint density at radius 2 is 1.88 bits per heavy atom. The van der Waals surface area contributed by atoms with Crippen LogP contribution in [0.3, 0.4) is 0 Å². The molecule has 1 aromatic heterocycles. The first-order valence-corrected chi connectivity index (χ1v) is 10.0. The molecule has 0 bridgehead atoms. The maximum atomic E-state index is 12.8. The van der Waals surface area contributed by atoms with E-state index in [1.54, 1.807) is 12.1 Å². The predicted molar refractivity (Wildman–Crippen MR) is 113 cm³/mol. The molecular formula is C23H25F3N2O4. The minimum absolute atomic E-state index is 0.0249. The number of nitrogens with one attached hydrogen (secondary N) is 1. The molecule has 0 spiro atoms. The number of carbonyl (C=O) groups excluding carboxylic acids is 1. The van der Waals surface area contributed by atoms with E-state index in [2.05, 4.69) is 10.3 Å². The highest BCUT2D eigenvalue weighted by molar-refractivity contribution is 5.94. The van der Waals surface area contributed by atoms with Crippen molar-refractivity contribution in [1.82, 2.24) is 10.3 Å². The molecule has 0 saturated carbocycles. The van der Waals surface area contributed by atoms with Gasteiger partial charge in [0.25, 0.3) is 5.91 Å². The Morgan fingerprint density at radius 1 is 1.19 bits per heavy atom. The summed E-state index contributed by atoms with van der Waals surface area (Å²) in [7, 11) is 0. The van der Waals surface area contributed by atoms with Gasteiger partial charge in [0.1, 0.15) is 11.9 Å². The van der Waals surface area contributed by atoms with Crippen molar-refractivity contribution < 1.29 is 32.6 Å². The van der Waals surface area contributed by atoms with Crippen LogP contribution in [0, 0.1) is 0 Å². The number of allylic oxidation sites excluding steroid dienone is 2. The van der Waals surface area contributed by atoms with Gasteiger partial charge in [-0.25, -0.2) is 0 Å². The number of ether oxygens (including phenoxy) is 1. The second-order valence-electron chi connectivity index (χ2n) is 7.13. The lowest BCUT2D eigenvalue weighted by molar-refractivity contribution is -0.139. The molecule has 32 heavy (non-hydrogen) atoms. The first kappa shape index (κ1) is 24.9. The normalized spacial score (nSPS) is 12.8. The molecule has 172 valence electrons. The minimum Gasteiger partial charge on any atom is -0.484 e. The zero-order valence-electron chi connectivity index (χ0n) is 17.8. The van der Waals surface area contributed by atoms with Crippen molar-refractivity contribution in [2.24, 2.45) is 0 Å². The summed E-state index contributed by atoms with van der Waals surface area (Å²) in [6, 6.07) is 9.37. The molecule has 0 fully saturated rings. The van der Waals surface area contributed by atoms with E-state index in [4.69, 9.17) is 9.84 Å². The highest BCUT2D eigenvalue weighted by atomic mass is 19.4. The molecule has 6 nitrogen and oxygen atoms in total. The number of alkyl halides is 3. The van der Waals surface area contributed by atoms with Gasteiger partial charge in [-0.3, -0.25) is 14.6 Å². The number of nitrogens with zero attached hydrogens (tertiary/aromatic N) is 1. The average molecular weight is 450 g/mol. The molecular weight excluding hydrogens is 425 g/mol. The first-order chi connectivity index (χ1) is 15.1. The van der Waals surface area contributed by atoms with E-state index >= 15 is 0 Å². The van der Waals surface area contributed by atoms with Crippen LogP contribution in [-0.4, -0.2) is 34.7 Å². The Morgan fingerprint density at radius 3 is 2.41 bits per heavy atom. The van der Waals surface area contributed by atoms with Crippen LogP contribution in [0.25, 0.3) is 5.57 Å². The maximum absolute atomic E-state index is 12.8. The molecule has 0 aliphatic heterocycles. The van der Waals surface area contributed by atoms with Crippen LogP contribution in [0.5, 0.6) is 5.75 Å². The van der Waals surface area contributed by atoms with Crippen LogP contribution in [-0.2, 0) is 4.79 Å². The van der Waals surface area contributed by atoms with Crippen molar-refractivity contribution in [3.63, 3.8) is 0 Å². The minimum atomic E-state index is -4.34. The molecule has 1 unspecified atom stereocenters. The number of aromatic nitrogens is 1. The number of carbonyl (C=O) groups is 2. The van der Waals surface area contributed by atoms with E-state index in [1.165, 1.54) is 30.5 Å². The summed E-state index contributed by atoms with van der Waals surface area (Å²) < 4.78 is 44.3. The SMILES string of the molecule is C/C=C(\C)c1ccc(OC(CCC(F)(F)F)c2ccc(C(=O)NCCC(=O)O)cc2)cn1. The summed E-state index contributed by atoms with van der Waals surface area (Å²) in [6.45, 7) is 3.75. The standard InChI is InChI=1S/C23H25F3N2O4/c1-3-15(2)19-9-8-18(14-28-19)32-20(10-12-23(24,25)26)16-4-6-17(7-5-16)22(31)27-13-11-21(29)30/h3-9,14,20H,10-13H2,1-2H3,(H,27,31)(H,29,30)/b15-3+. The lowest BCUT2D eigenvalue weighted by Crippen LogP contribution is -2.26. The molecule has 2 N–H and O–H groups in total. The van der Waals surface area contributed by atoms with Crippen molar-refractivity contribution in [3.05, 3.63) is 65.5 Å². The first-order valence-electron chi connectivity index (χ1n) is 10.0. The number of halogens is 3. The molecule has 0 aliphatic carbocycles. The Balaban J connectivity index is 2.15. The number of amides is 1. The molecule has 0 aliphatic rings. The summed E-state index contributed by atoms with van der Waals surface area (Å²) in [6.07, 6.45) is -3.41. The van der Waals surface area contributed by atoms with Crippen molar-refractivity contribution in [3.8, 4) is 5.75 Å². The second-order valence-corrected chi connectivity index (χ2v) is 7.13. The third kappa shape index (κ3) is 8.05. The molecule has 1 heterocycles. The van der Waals surface area contributed by atoms with E-state index in [1.807, 2.05) is 19.9 Å². The third-order valence-corrected chi connectivity index (χ3v) is 4.71. The summed E-state index contributed by atoms with van der Waals surface area (Å²) in [5.41, 5.74) is 2.44. The number of aliphatic carboxylic acids is 1. The summed E-state index contributed by atoms with van der Waals surface area (Å²) in [5.74, 6) is -1.17. The van der Waals surface area contributed by atoms with Gasteiger partial charge in [-0.2, -0.15) is 13.2 Å². The van der Waals surface area contributed by atoms with E-state index in [-0.39, 0.29) is 24.9 Å². The summed E-state index contributed by atoms with van der Waals surface area (Å²) >= 11 is 0.